The number of benzene rings is 1. The number of imidazole rings is 1. The summed E-state index contributed by atoms with van der Waals surface area (Å²) >= 11 is 0. The third-order valence-electron chi connectivity index (χ3n) is 4.44. The number of rotatable bonds is 7. The molecule has 0 bridgehead atoms. The van der Waals surface area contributed by atoms with Crippen LogP contribution < -0.4 is 4.72 Å². The number of hydrogen-bond donors (Lipinski definition) is 1. The van der Waals surface area contributed by atoms with Crippen molar-refractivity contribution in [3.63, 3.8) is 0 Å². The number of nitrogens with one attached hydrogen (secondary N) is 1. The van der Waals surface area contributed by atoms with Crippen LogP contribution in [-0.2, 0) is 27.4 Å². The third kappa shape index (κ3) is 5.68. The number of hydrogen-bond acceptors (Lipinski definition) is 3. The molecule has 0 aliphatic carbocycles. The molecule has 0 unspecified atom stereocenters. The average Bonchev–Trinajstić information content (AvgIpc) is 3.04. The fourth-order valence-electron chi connectivity index (χ4n) is 2.53. The second-order valence-corrected chi connectivity index (χ2v) is 10.1. The Morgan fingerprint density at radius 1 is 1.04 bits per heavy atom. The highest BCUT2D eigenvalue weighted by Gasteiger charge is 2.24. The van der Waals surface area contributed by atoms with Gasteiger partial charge in [-0.05, 0) is 16.5 Å². The Kier molecular flexibility index (Phi) is 5.74. The van der Waals surface area contributed by atoms with E-state index < -0.39 is 10.0 Å². The van der Waals surface area contributed by atoms with Gasteiger partial charge in [0.2, 0.25) is 10.0 Å². The number of aromatic nitrogens is 2. The fourth-order valence-corrected chi connectivity index (χ4v) is 3.71. The lowest BCUT2D eigenvalue weighted by Crippen LogP contribution is -2.38. The van der Waals surface area contributed by atoms with E-state index in [0.29, 0.717) is 13.1 Å². The van der Waals surface area contributed by atoms with Crippen molar-refractivity contribution >= 4 is 10.0 Å². The van der Waals surface area contributed by atoms with Crippen molar-refractivity contribution in [1.82, 2.24) is 14.3 Å². The molecule has 6 heteroatoms. The van der Waals surface area contributed by atoms with E-state index in [1.165, 1.54) is 5.56 Å². The fraction of sp³-hybridized carbons (Fsp3) is 0.526. The molecular formula is C19H29N3O2S. The van der Waals surface area contributed by atoms with Crippen LogP contribution in [0.3, 0.4) is 0 Å². The first-order chi connectivity index (χ1) is 11.5. The molecule has 0 atom stereocenters. The standard InChI is InChI=1S/C19H29N3O2S/c1-18(2,3)16-6-8-17(9-7-16)19(4,5)14-21-25(23,24)13-12-22-11-10-20-15-22/h6-11,15,21H,12-14H2,1-5H3. The van der Waals surface area contributed by atoms with Crippen molar-refractivity contribution in [2.75, 3.05) is 12.3 Å². The Morgan fingerprint density at radius 3 is 2.16 bits per heavy atom. The molecule has 0 amide bonds. The Morgan fingerprint density at radius 2 is 1.64 bits per heavy atom. The maximum absolute atomic E-state index is 12.2. The summed E-state index contributed by atoms with van der Waals surface area (Å²) in [5, 5.41) is 0. The number of sulfonamides is 1. The minimum atomic E-state index is -3.33. The maximum Gasteiger partial charge on any atom is 0.213 e. The van der Waals surface area contributed by atoms with Gasteiger partial charge in [-0.15, -0.1) is 0 Å². The molecule has 1 N–H and O–H groups in total. The van der Waals surface area contributed by atoms with Crippen LogP contribution in [0.4, 0.5) is 0 Å². The molecule has 2 aromatic rings. The van der Waals surface area contributed by atoms with E-state index in [1.807, 2.05) is 0 Å². The molecule has 0 saturated heterocycles. The summed E-state index contributed by atoms with van der Waals surface area (Å²) in [6.45, 7) is 11.4. The van der Waals surface area contributed by atoms with Gasteiger partial charge in [-0.2, -0.15) is 0 Å². The zero-order valence-corrected chi connectivity index (χ0v) is 16.6. The van der Waals surface area contributed by atoms with E-state index in [9.17, 15) is 8.42 Å². The lowest BCUT2D eigenvalue weighted by Gasteiger charge is -2.27. The highest BCUT2D eigenvalue weighted by molar-refractivity contribution is 7.89. The molecule has 138 valence electrons. The van der Waals surface area contributed by atoms with Crippen LogP contribution in [0.5, 0.6) is 0 Å². The minimum Gasteiger partial charge on any atom is -0.336 e. The SMILES string of the molecule is CC(C)(C)c1ccc(C(C)(C)CNS(=O)(=O)CCn2ccnc2)cc1. The predicted molar refractivity (Wildman–Crippen MR) is 102 cm³/mol. The van der Waals surface area contributed by atoms with Crippen molar-refractivity contribution in [1.29, 1.82) is 0 Å². The highest BCUT2D eigenvalue weighted by atomic mass is 32.2. The first-order valence-corrected chi connectivity index (χ1v) is 10.2. The topological polar surface area (TPSA) is 64.0 Å². The molecule has 25 heavy (non-hydrogen) atoms. The van der Waals surface area contributed by atoms with Gasteiger partial charge in [0.05, 0.1) is 12.1 Å². The van der Waals surface area contributed by atoms with Gasteiger partial charge < -0.3 is 4.57 Å². The van der Waals surface area contributed by atoms with Gasteiger partial charge in [-0.3, -0.25) is 0 Å². The van der Waals surface area contributed by atoms with Gasteiger partial charge in [-0.1, -0.05) is 58.9 Å². The lowest BCUT2D eigenvalue weighted by molar-refractivity contribution is 0.499. The molecule has 5 nitrogen and oxygen atoms in total. The smallest absolute Gasteiger partial charge is 0.213 e. The second-order valence-electron chi connectivity index (χ2n) is 8.15. The van der Waals surface area contributed by atoms with Crippen molar-refractivity contribution in [2.24, 2.45) is 0 Å². The van der Waals surface area contributed by atoms with Gasteiger partial charge in [-0.25, -0.2) is 18.1 Å². The van der Waals surface area contributed by atoms with Crippen LogP contribution in [-0.4, -0.2) is 30.3 Å². The van der Waals surface area contributed by atoms with Gasteiger partial charge >= 0.3 is 0 Å². The summed E-state index contributed by atoms with van der Waals surface area (Å²) in [4.78, 5) is 3.92. The molecule has 2 rings (SSSR count). The Bertz CT molecular complexity index is 771. The minimum absolute atomic E-state index is 0.0440. The maximum atomic E-state index is 12.2. The van der Waals surface area contributed by atoms with Crippen molar-refractivity contribution < 1.29 is 8.42 Å². The summed E-state index contributed by atoms with van der Waals surface area (Å²) in [7, 11) is -3.33. The van der Waals surface area contributed by atoms with Crippen LogP contribution in [0, 0.1) is 0 Å². The molecule has 0 saturated carbocycles. The van der Waals surface area contributed by atoms with E-state index in [2.05, 4.69) is 68.6 Å². The van der Waals surface area contributed by atoms with E-state index >= 15 is 0 Å². The molecule has 0 spiro atoms. The Labute approximate surface area is 151 Å². The lowest BCUT2D eigenvalue weighted by atomic mass is 9.81. The van der Waals surface area contributed by atoms with Gasteiger partial charge in [0.25, 0.3) is 0 Å². The number of aryl methyl sites for hydroxylation is 1. The molecule has 0 aliphatic rings. The molecule has 1 aromatic heterocycles. The second kappa shape index (κ2) is 7.30. The first-order valence-electron chi connectivity index (χ1n) is 8.54. The van der Waals surface area contributed by atoms with E-state index in [0.717, 1.165) is 5.56 Å². The van der Waals surface area contributed by atoms with Crippen LogP contribution in [0.1, 0.15) is 45.7 Å². The molecule has 1 heterocycles. The normalized spacial score (nSPS) is 13.2. The molecule has 1 aromatic carbocycles. The summed E-state index contributed by atoms with van der Waals surface area (Å²) < 4.78 is 29.0. The Balaban J connectivity index is 1.98. The van der Waals surface area contributed by atoms with E-state index in [1.54, 1.807) is 23.3 Å². The monoisotopic (exact) mass is 363 g/mol. The first kappa shape index (κ1) is 19.7. The van der Waals surface area contributed by atoms with Crippen LogP contribution in [0.25, 0.3) is 0 Å². The van der Waals surface area contributed by atoms with E-state index in [4.69, 9.17) is 0 Å². The van der Waals surface area contributed by atoms with Gasteiger partial charge in [0.1, 0.15) is 0 Å². The summed E-state index contributed by atoms with van der Waals surface area (Å²) in [5.41, 5.74) is 2.22. The molecular weight excluding hydrogens is 334 g/mol. The summed E-state index contributed by atoms with van der Waals surface area (Å²) in [6, 6.07) is 8.45. The molecule has 0 aliphatic heterocycles. The van der Waals surface area contributed by atoms with E-state index in [-0.39, 0.29) is 16.6 Å². The largest absolute Gasteiger partial charge is 0.336 e. The quantitative estimate of drug-likeness (QED) is 0.822. The number of nitrogens with zero attached hydrogens (tertiary/aromatic N) is 2. The van der Waals surface area contributed by atoms with Crippen LogP contribution >= 0.6 is 0 Å². The highest BCUT2D eigenvalue weighted by Crippen LogP contribution is 2.27. The van der Waals surface area contributed by atoms with Gasteiger partial charge in [0.15, 0.2) is 0 Å². The molecule has 0 fully saturated rings. The van der Waals surface area contributed by atoms with Crippen molar-refractivity contribution in [3.8, 4) is 0 Å². The molecule has 0 radical (unpaired) electrons. The zero-order chi connectivity index (χ0) is 18.7. The summed E-state index contributed by atoms with van der Waals surface area (Å²) in [5.74, 6) is 0.0440. The Hall–Kier alpha value is -1.66. The van der Waals surface area contributed by atoms with Crippen molar-refractivity contribution in [3.05, 3.63) is 54.1 Å². The zero-order valence-electron chi connectivity index (χ0n) is 15.8. The van der Waals surface area contributed by atoms with Crippen LogP contribution in [0.2, 0.25) is 0 Å². The third-order valence-corrected chi connectivity index (χ3v) is 5.75. The van der Waals surface area contributed by atoms with Crippen LogP contribution in [0.15, 0.2) is 43.0 Å². The predicted octanol–water partition coefficient (Wildman–Crippen LogP) is 3.08. The average molecular weight is 364 g/mol. The summed E-state index contributed by atoms with van der Waals surface area (Å²) in [6.07, 6.45) is 5.02. The van der Waals surface area contributed by atoms with Crippen molar-refractivity contribution in [2.45, 2.75) is 52.0 Å². The van der Waals surface area contributed by atoms with Gasteiger partial charge in [0, 0.05) is 30.9 Å².